The third kappa shape index (κ3) is 5.13. The number of nitrogens with one attached hydrogen (secondary N) is 3. The van der Waals surface area contributed by atoms with Crippen molar-refractivity contribution in [3.8, 4) is 0 Å². The number of halogens is 2. The van der Waals surface area contributed by atoms with Crippen molar-refractivity contribution in [3.05, 3.63) is 23.8 Å². The summed E-state index contributed by atoms with van der Waals surface area (Å²) in [5.41, 5.74) is -0.813. The molecule has 31 heavy (non-hydrogen) atoms. The maximum atomic E-state index is 14.8. The van der Waals surface area contributed by atoms with Gasteiger partial charge in [-0.05, 0) is 31.4 Å². The lowest BCUT2D eigenvalue weighted by Crippen LogP contribution is -2.54. The molecule has 2 amide bonds. The molecule has 0 radical (unpaired) electrons. The van der Waals surface area contributed by atoms with E-state index >= 15 is 0 Å². The zero-order valence-corrected chi connectivity index (χ0v) is 17.4. The molecule has 3 aliphatic heterocycles. The molecule has 3 saturated heterocycles. The lowest BCUT2D eigenvalue weighted by molar-refractivity contribution is -0.133. The molecule has 3 heterocycles. The van der Waals surface area contributed by atoms with Crippen LogP contribution in [-0.2, 0) is 9.59 Å². The van der Waals surface area contributed by atoms with Crippen molar-refractivity contribution in [2.45, 2.75) is 37.3 Å². The van der Waals surface area contributed by atoms with Crippen LogP contribution in [0.4, 0.5) is 20.2 Å². The first-order valence-corrected chi connectivity index (χ1v) is 10.8. The van der Waals surface area contributed by atoms with Crippen LogP contribution in [0.5, 0.6) is 0 Å². The topological polar surface area (TPSA) is 96.9 Å². The van der Waals surface area contributed by atoms with Gasteiger partial charge in [0.2, 0.25) is 11.8 Å². The number of piperazine rings is 1. The molecule has 1 atom stereocenters. The van der Waals surface area contributed by atoms with E-state index < -0.39 is 29.2 Å². The van der Waals surface area contributed by atoms with Gasteiger partial charge in [-0.2, -0.15) is 0 Å². The van der Waals surface area contributed by atoms with Gasteiger partial charge in [0.05, 0.1) is 5.60 Å². The Balaban J connectivity index is 1.38. The van der Waals surface area contributed by atoms with E-state index in [1.54, 1.807) is 4.90 Å². The summed E-state index contributed by atoms with van der Waals surface area (Å²) in [6.45, 7) is 4.86. The summed E-state index contributed by atoms with van der Waals surface area (Å²) in [7, 11) is 0. The van der Waals surface area contributed by atoms with Crippen LogP contribution in [0.1, 0.15) is 25.7 Å². The summed E-state index contributed by atoms with van der Waals surface area (Å²) >= 11 is 0. The van der Waals surface area contributed by atoms with E-state index in [1.165, 1.54) is 12.1 Å². The van der Waals surface area contributed by atoms with E-state index in [0.717, 1.165) is 26.2 Å². The van der Waals surface area contributed by atoms with Gasteiger partial charge in [-0.3, -0.25) is 19.8 Å². The number of amides is 2. The Bertz CT molecular complexity index is 815. The Labute approximate surface area is 180 Å². The molecule has 4 N–H and O–H groups in total. The summed E-state index contributed by atoms with van der Waals surface area (Å²) in [6, 6.07) is 1.63. The van der Waals surface area contributed by atoms with E-state index in [1.807, 2.05) is 0 Å². The van der Waals surface area contributed by atoms with Gasteiger partial charge in [0.15, 0.2) is 11.6 Å². The number of aliphatic hydroxyl groups is 1. The van der Waals surface area contributed by atoms with Crippen molar-refractivity contribution in [2.75, 3.05) is 56.0 Å². The molecule has 4 rings (SSSR count). The molecule has 170 valence electrons. The van der Waals surface area contributed by atoms with E-state index in [0.29, 0.717) is 32.5 Å². The molecule has 0 aliphatic carbocycles. The summed E-state index contributed by atoms with van der Waals surface area (Å²) in [6.07, 6.45) is 1.32. The average molecular weight is 437 g/mol. The smallest absolute Gasteiger partial charge is 0.249 e. The highest BCUT2D eigenvalue weighted by atomic mass is 19.1. The number of carbonyl (C=O) groups excluding carboxylic acids is 2. The molecule has 1 aromatic carbocycles. The molecule has 0 aromatic heterocycles. The normalized spacial score (nSPS) is 24.7. The molecular formula is C21H29F2N5O3. The number of nitrogens with zero attached hydrogens (tertiary/aromatic N) is 2. The lowest BCUT2D eigenvalue weighted by atomic mass is 9.90. The van der Waals surface area contributed by atoms with Crippen LogP contribution in [0, 0.1) is 11.6 Å². The van der Waals surface area contributed by atoms with E-state index in [-0.39, 0.29) is 30.1 Å². The second kappa shape index (κ2) is 9.05. The molecule has 3 fully saturated rings. The number of piperidine rings is 2. The lowest BCUT2D eigenvalue weighted by Gasteiger charge is -2.42. The number of carbonyl (C=O) groups is 2. The molecule has 0 spiro atoms. The SMILES string of the molecule is O=C1CCC(Nc2cc(F)c(N3CCC(O)(CN4CCNCC4)CC3)c(F)c2)C(=O)N1. The van der Waals surface area contributed by atoms with Crippen molar-refractivity contribution in [2.24, 2.45) is 0 Å². The third-order valence-corrected chi connectivity index (χ3v) is 6.33. The van der Waals surface area contributed by atoms with Gasteiger partial charge in [-0.1, -0.05) is 0 Å². The summed E-state index contributed by atoms with van der Waals surface area (Å²) in [5.74, 6) is -2.29. The number of hydrogen-bond donors (Lipinski definition) is 4. The highest BCUT2D eigenvalue weighted by Gasteiger charge is 2.36. The van der Waals surface area contributed by atoms with Crippen LogP contribution < -0.4 is 20.9 Å². The van der Waals surface area contributed by atoms with Gasteiger partial charge in [0.25, 0.3) is 0 Å². The van der Waals surface area contributed by atoms with Crippen LogP contribution in [0.2, 0.25) is 0 Å². The predicted molar refractivity (Wildman–Crippen MR) is 112 cm³/mol. The Hall–Kier alpha value is -2.30. The van der Waals surface area contributed by atoms with E-state index in [4.69, 9.17) is 0 Å². The van der Waals surface area contributed by atoms with Gasteiger partial charge in [-0.15, -0.1) is 0 Å². The van der Waals surface area contributed by atoms with Gasteiger partial charge < -0.3 is 20.6 Å². The Kier molecular flexibility index (Phi) is 6.40. The summed E-state index contributed by atoms with van der Waals surface area (Å²) < 4.78 is 29.6. The van der Waals surface area contributed by atoms with Gasteiger partial charge in [0, 0.05) is 57.9 Å². The van der Waals surface area contributed by atoms with Crippen LogP contribution >= 0.6 is 0 Å². The molecule has 3 aliphatic rings. The highest BCUT2D eigenvalue weighted by molar-refractivity contribution is 6.01. The molecule has 1 unspecified atom stereocenters. The molecule has 10 heteroatoms. The predicted octanol–water partition coefficient (Wildman–Crippen LogP) is 0.418. The Morgan fingerprint density at radius 3 is 2.35 bits per heavy atom. The fourth-order valence-electron chi connectivity index (χ4n) is 4.57. The Morgan fingerprint density at radius 1 is 1.10 bits per heavy atom. The fourth-order valence-corrected chi connectivity index (χ4v) is 4.57. The van der Waals surface area contributed by atoms with Crippen molar-refractivity contribution in [1.82, 2.24) is 15.5 Å². The monoisotopic (exact) mass is 437 g/mol. The standard InChI is InChI=1S/C21H29F2N5O3/c22-15-11-14(25-17-1-2-18(29)26-20(17)30)12-16(23)19(15)28-7-3-21(31,4-8-28)13-27-9-5-24-6-10-27/h11-12,17,24-25,31H,1-10,13H2,(H,26,29,30). The zero-order valence-electron chi connectivity index (χ0n) is 17.4. The average Bonchev–Trinajstić information content (AvgIpc) is 2.72. The maximum absolute atomic E-state index is 14.8. The van der Waals surface area contributed by atoms with Crippen LogP contribution in [-0.4, -0.2) is 79.3 Å². The number of hydrogen-bond acceptors (Lipinski definition) is 7. The number of rotatable bonds is 5. The molecule has 0 bridgehead atoms. The molecule has 1 aromatic rings. The fraction of sp³-hybridized carbons (Fsp3) is 0.619. The number of imide groups is 1. The second-order valence-electron chi connectivity index (χ2n) is 8.67. The third-order valence-electron chi connectivity index (χ3n) is 6.33. The van der Waals surface area contributed by atoms with Crippen LogP contribution in [0.15, 0.2) is 12.1 Å². The largest absolute Gasteiger partial charge is 0.388 e. The second-order valence-corrected chi connectivity index (χ2v) is 8.67. The number of anilines is 2. The first kappa shape index (κ1) is 21.9. The van der Waals surface area contributed by atoms with Gasteiger partial charge in [0.1, 0.15) is 11.7 Å². The van der Waals surface area contributed by atoms with E-state index in [9.17, 15) is 23.5 Å². The minimum absolute atomic E-state index is 0.113. The quantitative estimate of drug-likeness (QED) is 0.496. The first-order valence-electron chi connectivity index (χ1n) is 10.8. The zero-order chi connectivity index (χ0) is 22.0. The van der Waals surface area contributed by atoms with Crippen molar-refractivity contribution in [3.63, 3.8) is 0 Å². The summed E-state index contributed by atoms with van der Waals surface area (Å²) in [4.78, 5) is 27.0. The van der Waals surface area contributed by atoms with Crippen molar-refractivity contribution >= 4 is 23.2 Å². The highest BCUT2D eigenvalue weighted by Crippen LogP contribution is 2.33. The maximum Gasteiger partial charge on any atom is 0.249 e. The summed E-state index contributed by atoms with van der Waals surface area (Å²) in [5, 5.41) is 19.3. The van der Waals surface area contributed by atoms with Crippen LogP contribution in [0.25, 0.3) is 0 Å². The van der Waals surface area contributed by atoms with Gasteiger partial charge >= 0.3 is 0 Å². The minimum atomic E-state index is -0.853. The van der Waals surface area contributed by atoms with Gasteiger partial charge in [-0.25, -0.2) is 8.78 Å². The molecule has 8 nitrogen and oxygen atoms in total. The molecule has 0 saturated carbocycles. The number of benzene rings is 1. The number of β-amino-alcohol motifs (C(OH)–C–C–N with tert-alkyl or cyclic N) is 1. The molecular weight excluding hydrogens is 408 g/mol. The first-order chi connectivity index (χ1) is 14.8. The minimum Gasteiger partial charge on any atom is -0.388 e. The Morgan fingerprint density at radius 2 is 1.74 bits per heavy atom. The van der Waals surface area contributed by atoms with Crippen molar-refractivity contribution in [1.29, 1.82) is 0 Å². The van der Waals surface area contributed by atoms with Crippen LogP contribution in [0.3, 0.4) is 0 Å². The van der Waals surface area contributed by atoms with E-state index in [2.05, 4.69) is 20.9 Å². The van der Waals surface area contributed by atoms with Crippen molar-refractivity contribution < 1.29 is 23.5 Å².